The second-order valence-corrected chi connectivity index (χ2v) is 3.16. The van der Waals surface area contributed by atoms with Crippen LogP contribution in [0.1, 0.15) is 6.92 Å². The van der Waals surface area contributed by atoms with Crippen LogP contribution < -0.4 is 4.74 Å². The standard InChI is InChI=1S/C13H13O2/c1-2-14-10-15-13-8-7-11-5-3-4-6-12(11)9-13/h3-8H,2,10H2,1H3. The second kappa shape index (κ2) is 4.80. The normalized spacial score (nSPS) is 10.5. The van der Waals surface area contributed by atoms with Crippen LogP contribution >= 0.6 is 0 Å². The summed E-state index contributed by atoms with van der Waals surface area (Å²) in [7, 11) is 0. The van der Waals surface area contributed by atoms with Crippen molar-refractivity contribution in [3.8, 4) is 5.75 Å². The molecule has 2 rings (SSSR count). The van der Waals surface area contributed by atoms with E-state index in [1.165, 1.54) is 5.39 Å². The molecule has 0 spiro atoms. The molecule has 0 aromatic heterocycles. The van der Waals surface area contributed by atoms with E-state index in [-0.39, 0.29) is 6.79 Å². The quantitative estimate of drug-likeness (QED) is 0.559. The molecule has 0 aliphatic carbocycles. The summed E-state index contributed by atoms with van der Waals surface area (Å²) in [5.41, 5.74) is 0. The van der Waals surface area contributed by atoms with E-state index >= 15 is 0 Å². The fourth-order valence-electron chi connectivity index (χ4n) is 1.37. The van der Waals surface area contributed by atoms with E-state index < -0.39 is 0 Å². The highest BCUT2D eigenvalue weighted by Gasteiger charge is 1.96. The van der Waals surface area contributed by atoms with Gasteiger partial charge in [0.1, 0.15) is 5.75 Å². The summed E-state index contributed by atoms with van der Waals surface area (Å²) < 4.78 is 10.5. The first-order chi connectivity index (χ1) is 7.40. The summed E-state index contributed by atoms with van der Waals surface area (Å²) in [4.78, 5) is 0. The zero-order valence-corrected chi connectivity index (χ0v) is 8.69. The Labute approximate surface area is 89.4 Å². The molecule has 0 saturated heterocycles. The molecule has 0 aliphatic rings. The minimum absolute atomic E-state index is 0.283. The molecule has 2 aromatic carbocycles. The van der Waals surface area contributed by atoms with Gasteiger partial charge in [-0.1, -0.05) is 30.3 Å². The van der Waals surface area contributed by atoms with E-state index in [9.17, 15) is 0 Å². The van der Waals surface area contributed by atoms with Crippen molar-refractivity contribution < 1.29 is 9.47 Å². The summed E-state index contributed by atoms with van der Waals surface area (Å²) in [6, 6.07) is 15.2. The van der Waals surface area contributed by atoms with Crippen molar-refractivity contribution in [1.82, 2.24) is 0 Å². The van der Waals surface area contributed by atoms with Gasteiger partial charge in [-0.2, -0.15) is 0 Å². The Morgan fingerprint density at radius 1 is 1.13 bits per heavy atom. The maximum atomic E-state index is 5.38. The number of rotatable bonds is 4. The van der Waals surface area contributed by atoms with E-state index in [4.69, 9.17) is 9.47 Å². The van der Waals surface area contributed by atoms with Gasteiger partial charge in [0.2, 0.25) is 0 Å². The summed E-state index contributed by atoms with van der Waals surface area (Å²) >= 11 is 0. The summed E-state index contributed by atoms with van der Waals surface area (Å²) in [5, 5.41) is 2.23. The Balaban J connectivity index is 2.16. The van der Waals surface area contributed by atoms with Crippen LogP contribution in [0.2, 0.25) is 0 Å². The van der Waals surface area contributed by atoms with Crippen LogP contribution in [0.25, 0.3) is 10.8 Å². The van der Waals surface area contributed by atoms with Crippen LogP contribution in [0.3, 0.4) is 0 Å². The Morgan fingerprint density at radius 3 is 2.87 bits per heavy atom. The number of benzene rings is 2. The van der Waals surface area contributed by atoms with Gasteiger partial charge in [0.05, 0.1) is 0 Å². The Kier molecular flexibility index (Phi) is 3.20. The molecule has 77 valence electrons. The lowest BCUT2D eigenvalue weighted by Gasteiger charge is -2.06. The molecule has 0 heterocycles. The first-order valence-electron chi connectivity index (χ1n) is 5.02. The van der Waals surface area contributed by atoms with Crippen LogP contribution in [0.15, 0.2) is 36.4 Å². The lowest BCUT2D eigenvalue weighted by Crippen LogP contribution is -2.01. The van der Waals surface area contributed by atoms with Gasteiger partial charge in [-0.25, -0.2) is 0 Å². The van der Waals surface area contributed by atoms with Gasteiger partial charge in [0.15, 0.2) is 6.79 Å². The van der Waals surface area contributed by atoms with Crippen molar-refractivity contribution in [1.29, 1.82) is 0 Å². The predicted octanol–water partition coefficient (Wildman–Crippen LogP) is 3.01. The van der Waals surface area contributed by atoms with Crippen LogP contribution in [0, 0.1) is 6.07 Å². The average molecular weight is 201 g/mol. The molecule has 15 heavy (non-hydrogen) atoms. The molecule has 0 amide bonds. The van der Waals surface area contributed by atoms with E-state index in [2.05, 4.69) is 12.1 Å². The second-order valence-electron chi connectivity index (χ2n) is 3.16. The fourth-order valence-corrected chi connectivity index (χ4v) is 1.37. The summed E-state index contributed by atoms with van der Waals surface area (Å²) in [6.07, 6.45) is 0. The first-order valence-corrected chi connectivity index (χ1v) is 5.02. The van der Waals surface area contributed by atoms with E-state index in [1.807, 2.05) is 37.3 Å². The monoisotopic (exact) mass is 201 g/mol. The van der Waals surface area contributed by atoms with Crippen molar-refractivity contribution in [3.63, 3.8) is 0 Å². The molecule has 0 N–H and O–H groups in total. The van der Waals surface area contributed by atoms with Crippen molar-refractivity contribution in [2.45, 2.75) is 6.92 Å². The lowest BCUT2D eigenvalue weighted by atomic mass is 10.1. The van der Waals surface area contributed by atoms with Gasteiger partial charge in [-0.05, 0) is 23.8 Å². The third-order valence-corrected chi connectivity index (χ3v) is 2.13. The Bertz CT molecular complexity index is 437. The van der Waals surface area contributed by atoms with Crippen molar-refractivity contribution >= 4 is 10.8 Å². The maximum absolute atomic E-state index is 5.38. The van der Waals surface area contributed by atoms with Crippen LogP contribution in [-0.2, 0) is 4.74 Å². The zero-order valence-electron chi connectivity index (χ0n) is 8.69. The third kappa shape index (κ3) is 2.48. The molecular formula is C13H13O2. The Hall–Kier alpha value is -1.54. The minimum atomic E-state index is 0.283. The highest BCUT2D eigenvalue weighted by Crippen LogP contribution is 2.19. The van der Waals surface area contributed by atoms with Crippen LogP contribution in [-0.4, -0.2) is 13.4 Å². The van der Waals surface area contributed by atoms with E-state index in [1.54, 1.807) is 0 Å². The topological polar surface area (TPSA) is 18.5 Å². The molecule has 2 heteroatoms. The minimum Gasteiger partial charge on any atom is -0.467 e. The van der Waals surface area contributed by atoms with E-state index in [0.29, 0.717) is 6.61 Å². The van der Waals surface area contributed by atoms with E-state index in [0.717, 1.165) is 11.1 Å². The van der Waals surface area contributed by atoms with Gasteiger partial charge in [-0.15, -0.1) is 0 Å². The van der Waals surface area contributed by atoms with Gasteiger partial charge in [0.25, 0.3) is 0 Å². The first kappa shape index (κ1) is 9.99. The van der Waals surface area contributed by atoms with Gasteiger partial charge < -0.3 is 9.47 Å². The number of fused-ring (bicyclic) bond motifs is 1. The van der Waals surface area contributed by atoms with Crippen LogP contribution in [0.4, 0.5) is 0 Å². The summed E-state index contributed by atoms with van der Waals surface area (Å²) in [6.45, 7) is 2.88. The molecule has 0 bridgehead atoms. The van der Waals surface area contributed by atoms with Gasteiger partial charge >= 0.3 is 0 Å². The van der Waals surface area contributed by atoms with Gasteiger partial charge in [0, 0.05) is 12.7 Å². The number of hydrogen-bond acceptors (Lipinski definition) is 2. The van der Waals surface area contributed by atoms with Gasteiger partial charge in [-0.3, -0.25) is 0 Å². The lowest BCUT2D eigenvalue weighted by molar-refractivity contribution is 0.0223. The molecule has 0 fully saturated rings. The Morgan fingerprint density at radius 2 is 2.00 bits per heavy atom. The predicted molar refractivity (Wildman–Crippen MR) is 59.9 cm³/mol. The third-order valence-electron chi connectivity index (χ3n) is 2.13. The van der Waals surface area contributed by atoms with Crippen molar-refractivity contribution in [2.24, 2.45) is 0 Å². The molecule has 0 saturated carbocycles. The molecule has 2 aromatic rings. The van der Waals surface area contributed by atoms with Crippen molar-refractivity contribution in [2.75, 3.05) is 13.4 Å². The molecule has 0 unspecified atom stereocenters. The number of ether oxygens (including phenoxy) is 2. The fraction of sp³-hybridized carbons (Fsp3) is 0.231. The molecule has 2 nitrogen and oxygen atoms in total. The number of hydrogen-bond donors (Lipinski definition) is 0. The highest BCUT2D eigenvalue weighted by molar-refractivity contribution is 5.82. The van der Waals surface area contributed by atoms with Crippen molar-refractivity contribution in [3.05, 3.63) is 42.5 Å². The molecular weight excluding hydrogens is 188 g/mol. The largest absolute Gasteiger partial charge is 0.467 e. The molecule has 0 atom stereocenters. The highest BCUT2D eigenvalue weighted by atomic mass is 16.7. The zero-order chi connectivity index (χ0) is 10.5. The SMILES string of the molecule is CCOCOc1[c]c2ccccc2cc1. The average Bonchev–Trinajstić information content (AvgIpc) is 2.29. The summed E-state index contributed by atoms with van der Waals surface area (Å²) in [5.74, 6) is 0.724. The van der Waals surface area contributed by atoms with Crippen LogP contribution in [0.5, 0.6) is 5.75 Å². The molecule has 0 aliphatic heterocycles. The maximum Gasteiger partial charge on any atom is 0.189 e. The smallest absolute Gasteiger partial charge is 0.189 e. The molecule has 1 radical (unpaired) electrons.